The lowest BCUT2D eigenvalue weighted by atomic mass is 10.0. The number of rotatable bonds is 10. The van der Waals surface area contributed by atoms with Gasteiger partial charge in [-0.25, -0.2) is 0 Å². The molecule has 0 N–H and O–H groups in total. The van der Waals surface area contributed by atoms with Crippen LogP contribution in [0, 0.1) is 6.42 Å². The molecule has 0 nitrogen and oxygen atoms in total. The van der Waals surface area contributed by atoms with Crippen molar-refractivity contribution in [1.82, 2.24) is 0 Å². The minimum Gasteiger partial charge on any atom is -0.0654 e. The van der Waals surface area contributed by atoms with Gasteiger partial charge in [0, 0.05) is 4.47 Å². The highest BCUT2D eigenvalue weighted by Crippen LogP contribution is 2.14. The van der Waals surface area contributed by atoms with Crippen molar-refractivity contribution in [3.63, 3.8) is 0 Å². The molecule has 101 valence electrons. The van der Waals surface area contributed by atoms with Crippen molar-refractivity contribution in [2.75, 3.05) is 0 Å². The van der Waals surface area contributed by atoms with Gasteiger partial charge < -0.3 is 0 Å². The maximum Gasteiger partial charge on any atom is 0.0175 e. The molecule has 0 fully saturated rings. The van der Waals surface area contributed by atoms with Gasteiger partial charge in [-0.05, 0) is 37.0 Å². The number of unbranched alkanes of at least 4 members (excludes halogenated alkanes) is 8. The first kappa shape index (κ1) is 15.8. The van der Waals surface area contributed by atoms with E-state index in [0.717, 1.165) is 0 Å². The fraction of sp³-hybridized carbons (Fsp3) is 0.588. The van der Waals surface area contributed by atoms with Gasteiger partial charge in [-0.15, -0.1) is 0 Å². The summed E-state index contributed by atoms with van der Waals surface area (Å²) < 4.78 is 1.17. The molecular formula is C17H26Br. The zero-order chi connectivity index (χ0) is 13.1. The summed E-state index contributed by atoms with van der Waals surface area (Å²) in [5.74, 6) is 0. The molecule has 0 aliphatic rings. The van der Waals surface area contributed by atoms with Crippen LogP contribution in [0.4, 0.5) is 0 Å². The van der Waals surface area contributed by atoms with E-state index < -0.39 is 0 Å². The Balaban J connectivity index is 1.91. The van der Waals surface area contributed by atoms with Crippen LogP contribution in [0.1, 0.15) is 63.9 Å². The van der Waals surface area contributed by atoms with Gasteiger partial charge in [0.2, 0.25) is 0 Å². The zero-order valence-electron chi connectivity index (χ0n) is 11.6. The summed E-state index contributed by atoms with van der Waals surface area (Å²) in [5, 5.41) is 0. The largest absolute Gasteiger partial charge is 0.0654 e. The Kier molecular flexibility index (Phi) is 9.28. The average Bonchev–Trinajstić information content (AvgIpc) is 2.39. The predicted molar refractivity (Wildman–Crippen MR) is 84.8 cm³/mol. The van der Waals surface area contributed by atoms with Crippen LogP contribution in [0.5, 0.6) is 0 Å². The van der Waals surface area contributed by atoms with Crippen LogP contribution >= 0.6 is 15.9 Å². The van der Waals surface area contributed by atoms with Crippen LogP contribution in [-0.2, 0) is 6.42 Å². The summed E-state index contributed by atoms with van der Waals surface area (Å²) in [5.41, 5.74) is 1.44. The van der Waals surface area contributed by atoms with Gasteiger partial charge in [0.25, 0.3) is 0 Å². The van der Waals surface area contributed by atoms with E-state index in [9.17, 15) is 0 Å². The number of hydrogen-bond acceptors (Lipinski definition) is 0. The molecule has 1 rings (SSSR count). The SMILES string of the molecule is CCCCCCCC[CH]CCc1ccc(Br)cc1. The Labute approximate surface area is 121 Å². The number of hydrogen-bond donors (Lipinski definition) is 0. The van der Waals surface area contributed by atoms with Crippen LogP contribution in [0.15, 0.2) is 28.7 Å². The molecule has 1 aromatic carbocycles. The monoisotopic (exact) mass is 309 g/mol. The third-order valence-electron chi connectivity index (χ3n) is 3.31. The van der Waals surface area contributed by atoms with Crippen molar-refractivity contribution in [3.8, 4) is 0 Å². The molecule has 0 unspecified atom stereocenters. The van der Waals surface area contributed by atoms with Crippen LogP contribution in [-0.4, -0.2) is 0 Å². The molecule has 0 saturated carbocycles. The van der Waals surface area contributed by atoms with Gasteiger partial charge >= 0.3 is 0 Å². The lowest BCUT2D eigenvalue weighted by molar-refractivity contribution is 0.600. The summed E-state index contributed by atoms with van der Waals surface area (Å²) in [4.78, 5) is 0. The molecule has 0 saturated heterocycles. The third kappa shape index (κ3) is 7.92. The highest BCUT2D eigenvalue weighted by Gasteiger charge is 1.95. The molecule has 0 heterocycles. The lowest BCUT2D eigenvalue weighted by Crippen LogP contribution is -1.87. The summed E-state index contributed by atoms with van der Waals surface area (Å²) in [6.45, 7) is 2.27. The Morgan fingerprint density at radius 1 is 0.889 bits per heavy atom. The van der Waals surface area contributed by atoms with Gasteiger partial charge in [0.05, 0.1) is 0 Å². The molecule has 0 bridgehead atoms. The zero-order valence-corrected chi connectivity index (χ0v) is 13.2. The number of benzene rings is 1. The smallest absolute Gasteiger partial charge is 0.0175 e. The van der Waals surface area contributed by atoms with Crippen molar-refractivity contribution in [2.24, 2.45) is 0 Å². The maximum absolute atomic E-state index is 3.47. The second-order valence-corrected chi connectivity index (χ2v) is 5.93. The predicted octanol–water partition coefficient (Wildman–Crippen LogP) is 6.34. The Hall–Kier alpha value is -0.300. The van der Waals surface area contributed by atoms with Gasteiger partial charge in [-0.3, -0.25) is 0 Å². The van der Waals surface area contributed by atoms with Crippen molar-refractivity contribution in [3.05, 3.63) is 40.7 Å². The van der Waals surface area contributed by atoms with Crippen LogP contribution in [0.3, 0.4) is 0 Å². The van der Waals surface area contributed by atoms with E-state index in [4.69, 9.17) is 0 Å². The molecule has 0 aromatic heterocycles. The average molecular weight is 310 g/mol. The molecule has 18 heavy (non-hydrogen) atoms. The molecule has 0 amide bonds. The highest BCUT2D eigenvalue weighted by molar-refractivity contribution is 9.10. The third-order valence-corrected chi connectivity index (χ3v) is 3.84. The number of halogens is 1. The standard InChI is InChI=1S/C17H26Br/c1-2-3-4-5-6-7-8-9-10-11-16-12-14-17(18)15-13-16/h9,12-15H,2-8,10-11H2,1H3. The van der Waals surface area contributed by atoms with Gasteiger partial charge in [-0.2, -0.15) is 0 Å². The quantitative estimate of drug-likeness (QED) is 0.442. The molecule has 0 spiro atoms. The lowest BCUT2D eigenvalue weighted by Gasteiger charge is -2.03. The first-order valence-electron chi connectivity index (χ1n) is 7.39. The topological polar surface area (TPSA) is 0 Å². The summed E-state index contributed by atoms with van der Waals surface area (Å²) in [7, 11) is 0. The minimum absolute atomic E-state index is 1.17. The van der Waals surface area contributed by atoms with Crippen molar-refractivity contribution in [2.45, 2.75) is 64.7 Å². The summed E-state index contributed by atoms with van der Waals surface area (Å²) in [6.07, 6.45) is 14.6. The van der Waals surface area contributed by atoms with E-state index in [1.807, 2.05) is 0 Å². The van der Waals surface area contributed by atoms with E-state index in [0.29, 0.717) is 0 Å². The van der Waals surface area contributed by atoms with Crippen molar-refractivity contribution < 1.29 is 0 Å². The molecule has 1 aromatic rings. The van der Waals surface area contributed by atoms with Crippen molar-refractivity contribution >= 4 is 15.9 Å². The Morgan fingerprint density at radius 3 is 2.28 bits per heavy atom. The molecule has 1 heteroatoms. The van der Waals surface area contributed by atoms with Crippen molar-refractivity contribution in [1.29, 1.82) is 0 Å². The summed E-state index contributed by atoms with van der Waals surface area (Å²) >= 11 is 3.47. The van der Waals surface area contributed by atoms with E-state index in [2.05, 4.69) is 53.5 Å². The first-order valence-corrected chi connectivity index (χ1v) is 8.18. The Morgan fingerprint density at radius 2 is 1.56 bits per heavy atom. The fourth-order valence-electron chi connectivity index (χ4n) is 2.13. The van der Waals surface area contributed by atoms with E-state index in [1.54, 1.807) is 0 Å². The van der Waals surface area contributed by atoms with E-state index in [1.165, 1.54) is 67.8 Å². The molecular weight excluding hydrogens is 284 g/mol. The maximum atomic E-state index is 3.47. The van der Waals surface area contributed by atoms with Crippen LogP contribution in [0.25, 0.3) is 0 Å². The number of aryl methyl sites for hydroxylation is 1. The second-order valence-electron chi connectivity index (χ2n) is 5.01. The Bertz CT molecular complexity index is 289. The molecule has 0 aliphatic heterocycles. The first-order chi connectivity index (χ1) is 8.83. The molecule has 0 atom stereocenters. The van der Waals surface area contributed by atoms with Crippen LogP contribution in [0.2, 0.25) is 0 Å². The molecule has 0 aliphatic carbocycles. The van der Waals surface area contributed by atoms with Gasteiger partial charge in [0.1, 0.15) is 0 Å². The fourth-order valence-corrected chi connectivity index (χ4v) is 2.40. The van der Waals surface area contributed by atoms with Crippen LogP contribution < -0.4 is 0 Å². The second kappa shape index (κ2) is 10.6. The normalized spacial score (nSPS) is 10.8. The summed E-state index contributed by atoms with van der Waals surface area (Å²) in [6, 6.07) is 8.68. The molecule has 1 radical (unpaired) electrons. The van der Waals surface area contributed by atoms with Gasteiger partial charge in [-0.1, -0.05) is 79.9 Å². The van der Waals surface area contributed by atoms with Gasteiger partial charge in [0.15, 0.2) is 0 Å². The highest BCUT2D eigenvalue weighted by atomic mass is 79.9. The van der Waals surface area contributed by atoms with E-state index >= 15 is 0 Å². The minimum atomic E-state index is 1.17. The van der Waals surface area contributed by atoms with E-state index in [-0.39, 0.29) is 0 Å².